The van der Waals surface area contributed by atoms with Crippen LogP contribution in [-0.2, 0) is 0 Å². The van der Waals surface area contributed by atoms with Gasteiger partial charge in [0.1, 0.15) is 11.6 Å². The Morgan fingerprint density at radius 1 is 1.19 bits per heavy atom. The van der Waals surface area contributed by atoms with E-state index in [1.54, 1.807) is 13.3 Å². The van der Waals surface area contributed by atoms with E-state index < -0.39 is 0 Å². The molecule has 0 spiro atoms. The normalized spacial score (nSPS) is 15.5. The zero-order valence-corrected chi connectivity index (χ0v) is 15.6. The van der Waals surface area contributed by atoms with Gasteiger partial charge in [0, 0.05) is 37.9 Å². The summed E-state index contributed by atoms with van der Waals surface area (Å²) >= 11 is 0. The van der Waals surface area contributed by atoms with Crippen LogP contribution in [0.5, 0.6) is 5.75 Å². The summed E-state index contributed by atoms with van der Waals surface area (Å²) in [5.74, 6) is 1.76. The van der Waals surface area contributed by atoms with Crippen LogP contribution in [-0.4, -0.2) is 49.2 Å². The Labute approximate surface area is 154 Å². The SMILES string of the molecule is COc1ccc(C)cc1C(C)NC(=O)N1CCN(c2ccccn2)CC1. The summed E-state index contributed by atoms with van der Waals surface area (Å²) in [7, 11) is 1.65. The highest BCUT2D eigenvalue weighted by atomic mass is 16.5. The molecule has 1 atom stereocenters. The molecule has 138 valence electrons. The standard InChI is InChI=1S/C20H26N4O2/c1-15-7-8-18(26-3)17(14-15)16(2)22-20(25)24-12-10-23(11-13-24)19-6-4-5-9-21-19/h4-9,14,16H,10-13H2,1-3H3,(H,22,25). The molecule has 1 aromatic carbocycles. The smallest absolute Gasteiger partial charge is 0.317 e. The van der Waals surface area contributed by atoms with Gasteiger partial charge in [-0.15, -0.1) is 0 Å². The molecule has 1 N–H and O–H groups in total. The Morgan fingerprint density at radius 3 is 2.62 bits per heavy atom. The second-order valence-corrected chi connectivity index (χ2v) is 6.58. The molecule has 0 saturated carbocycles. The highest BCUT2D eigenvalue weighted by Crippen LogP contribution is 2.26. The second-order valence-electron chi connectivity index (χ2n) is 6.58. The second kappa shape index (κ2) is 8.08. The topological polar surface area (TPSA) is 57.7 Å². The molecule has 1 saturated heterocycles. The molecule has 1 aromatic heterocycles. The molecule has 1 unspecified atom stereocenters. The third-order valence-electron chi connectivity index (χ3n) is 4.73. The van der Waals surface area contributed by atoms with E-state index in [0.717, 1.165) is 35.8 Å². The van der Waals surface area contributed by atoms with Crippen LogP contribution in [0.4, 0.5) is 10.6 Å². The van der Waals surface area contributed by atoms with Crippen molar-refractivity contribution in [2.75, 3.05) is 38.2 Å². The summed E-state index contributed by atoms with van der Waals surface area (Å²) < 4.78 is 5.43. The number of pyridine rings is 1. The molecular formula is C20H26N4O2. The van der Waals surface area contributed by atoms with E-state index in [1.165, 1.54) is 0 Å². The molecule has 0 radical (unpaired) electrons. The van der Waals surface area contributed by atoms with E-state index >= 15 is 0 Å². The van der Waals surface area contributed by atoms with Gasteiger partial charge < -0.3 is 19.9 Å². The summed E-state index contributed by atoms with van der Waals surface area (Å²) in [6.45, 7) is 6.95. The van der Waals surface area contributed by atoms with Gasteiger partial charge in [-0.3, -0.25) is 0 Å². The molecule has 1 aliphatic rings. The third-order valence-corrected chi connectivity index (χ3v) is 4.73. The number of carbonyl (C=O) groups excluding carboxylic acids is 1. The number of hydrogen-bond donors (Lipinski definition) is 1. The number of rotatable bonds is 4. The zero-order chi connectivity index (χ0) is 18.5. The Hall–Kier alpha value is -2.76. The number of piperazine rings is 1. The Kier molecular flexibility index (Phi) is 5.61. The lowest BCUT2D eigenvalue weighted by Gasteiger charge is -2.36. The first kappa shape index (κ1) is 18.0. The lowest BCUT2D eigenvalue weighted by molar-refractivity contribution is 0.191. The fourth-order valence-corrected chi connectivity index (χ4v) is 3.23. The molecule has 6 heteroatoms. The number of nitrogens with zero attached hydrogens (tertiary/aromatic N) is 3. The monoisotopic (exact) mass is 354 g/mol. The molecule has 1 aliphatic heterocycles. The number of nitrogens with one attached hydrogen (secondary N) is 1. The minimum Gasteiger partial charge on any atom is -0.496 e. The maximum atomic E-state index is 12.6. The van der Waals surface area contributed by atoms with E-state index in [9.17, 15) is 4.79 Å². The number of urea groups is 1. The molecule has 2 heterocycles. The zero-order valence-electron chi connectivity index (χ0n) is 15.6. The van der Waals surface area contributed by atoms with Crippen molar-refractivity contribution in [3.05, 3.63) is 53.7 Å². The van der Waals surface area contributed by atoms with E-state index in [4.69, 9.17) is 4.74 Å². The van der Waals surface area contributed by atoms with E-state index in [1.807, 2.05) is 49.1 Å². The van der Waals surface area contributed by atoms with Crippen molar-refractivity contribution in [3.8, 4) is 5.75 Å². The minimum atomic E-state index is -0.119. The van der Waals surface area contributed by atoms with Crippen LogP contribution in [0.2, 0.25) is 0 Å². The quantitative estimate of drug-likeness (QED) is 0.917. The van der Waals surface area contributed by atoms with Crippen LogP contribution in [0.1, 0.15) is 24.1 Å². The van der Waals surface area contributed by atoms with Crippen molar-refractivity contribution < 1.29 is 9.53 Å². The average molecular weight is 354 g/mol. The summed E-state index contributed by atoms with van der Waals surface area (Å²) in [6, 6.07) is 11.7. The fourth-order valence-electron chi connectivity index (χ4n) is 3.23. The number of anilines is 1. The first-order chi connectivity index (χ1) is 12.6. The molecule has 6 nitrogen and oxygen atoms in total. The number of aryl methyl sites for hydroxylation is 1. The van der Waals surface area contributed by atoms with Crippen LogP contribution in [0.15, 0.2) is 42.6 Å². The van der Waals surface area contributed by atoms with Gasteiger partial charge in [-0.05, 0) is 32.0 Å². The Balaban J connectivity index is 1.58. The van der Waals surface area contributed by atoms with Gasteiger partial charge in [0.05, 0.1) is 13.2 Å². The molecule has 2 aromatic rings. The first-order valence-electron chi connectivity index (χ1n) is 8.94. The minimum absolute atomic E-state index is 0.0401. The molecule has 26 heavy (non-hydrogen) atoms. The molecule has 0 bridgehead atoms. The fraction of sp³-hybridized carbons (Fsp3) is 0.400. The van der Waals surface area contributed by atoms with Crippen molar-refractivity contribution in [3.63, 3.8) is 0 Å². The molecule has 2 amide bonds. The van der Waals surface area contributed by atoms with Crippen molar-refractivity contribution >= 4 is 11.8 Å². The average Bonchev–Trinajstić information content (AvgIpc) is 2.68. The van der Waals surface area contributed by atoms with Crippen molar-refractivity contribution in [1.82, 2.24) is 15.2 Å². The number of carbonyl (C=O) groups is 1. The van der Waals surface area contributed by atoms with Gasteiger partial charge in [-0.25, -0.2) is 9.78 Å². The van der Waals surface area contributed by atoms with E-state index in [-0.39, 0.29) is 12.1 Å². The number of amides is 2. The largest absolute Gasteiger partial charge is 0.496 e. The Morgan fingerprint density at radius 2 is 1.96 bits per heavy atom. The van der Waals surface area contributed by atoms with Gasteiger partial charge in [-0.2, -0.15) is 0 Å². The highest BCUT2D eigenvalue weighted by Gasteiger charge is 2.23. The van der Waals surface area contributed by atoms with E-state index in [2.05, 4.69) is 21.3 Å². The number of ether oxygens (including phenoxy) is 1. The lowest BCUT2D eigenvalue weighted by atomic mass is 10.0. The predicted octanol–water partition coefficient (Wildman–Crippen LogP) is 2.99. The maximum Gasteiger partial charge on any atom is 0.317 e. The third kappa shape index (κ3) is 4.07. The van der Waals surface area contributed by atoms with Crippen LogP contribution in [0.3, 0.4) is 0 Å². The predicted molar refractivity (Wildman–Crippen MR) is 103 cm³/mol. The van der Waals surface area contributed by atoms with Gasteiger partial charge in [-0.1, -0.05) is 23.8 Å². The van der Waals surface area contributed by atoms with Crippen molar-refractivity contribution in [1.29, 1.82) is 0 Å². The van der Waals surface area contributed by atoms with Crippen molar-refractivity contribution in [2.45, 2.75) is 19.9 Å². The van der Waals surface area contributed by atoms with Gasteiger partial charge in [0.15, 0.2) is 0 Å². The number of benzene rings is 1. The molecular weight excluding hydrogens is 328 g/mol. The lowest BCUT2D eigenvalue weighted by Crippen LogP contribution is -2.52. The van der Waals surface area contributed by atoms with Crippen LogP contribution in [0, 0.1) is 6.92 Å². The Bertz CT molecular complexity index is 743. The van der Waals surface area contributed by atoms with Crippen LogP contribution < -0.4 is 15.0 Å². The van der Waals surface area contributed by atoms with E-state index in [0.29, 0.717) is 13.1 Å². The summed E-state index contributed by atoms with van der Waals surface area (Å²) in [4.78, 5) is 21.1. The van der Waals surface area contributed by atoms with Gasteiger partial charge >= 0.3 is 6.03 Å². The number of methoxy groups -OCH3 is 1. The summed E-state index contributed by atoms with van der Waals surface area (Å²) in [5, 5.41) is 3.10. The van der Waals surface area contributed by atoms with Crippen LogP contribution >= 0.6 is 0 Å². The van der Waals surface area contributed by atoms with Gasteiger partial charge in [0.2, 0.25) is 0 Å². The van der Waals surface area contributed by atoms with Crippen molar-refractivity contribution in [2.24, 2.45) is 0 Å². The number of hydrogen-bond acceptors (Lipinski definition) is 4. The van der Waals surface area contributed by atoms with Crippen LogP contribution in [0.25, 0.3) is 0 Å². The number of aromatic nitrogens is 1. The highest BCUT2D eigenvalue weighted by molar-refractivity contribution is 5.75. The molecule has 1 fully saturated rings. The summed E-state index contributed by atoms with van der Waals surface area (Å²) in [6.07, 6.45) is 1.80. The maximum absolute atomic E-state index is 12.6. The molecule has 0 aliphatic carbocycles. The summed E-state index contributed by atoms with van der Waals surface area (Å²) in [5.41, 5.74) is 2.14. The van der Waals surface area contributed by atoms with Gasteiger partial charge in [0.25, 0.3) is 0 Å². The first-order valence-corrected chi connectivity index (χ1v) is 8.94. The molecule has 3 rings (SSSR count).